The van der Waals surface area contributed by atoms with Crippen LogP contribution in [0.3, 0.4) is 0 Å². The van der Waals surface area contributed by atoms with E-state index in [9.17, 15) is 4.79 Å². The Balaban J connectivity index is 2.29. The van der Waals surface area contributed by atoms with E-state index in [0.29, 0.717) is 22.8 Å². The molecular formula is C22H24O9. The second-order valence-corrected chi connectivity index (χ2v) is 6.26. The lowest BCUT2D eigenvalue weighted by molar-refractivity contribution is 0.0495. The molecule has 0 radical (unpaired) electrons. The first-order valence-corrected chi connectivity index (χ1v) is 9.22. The van der Waals surface area contributed by atoms with E-state index in [-0.39, 0.29) is 41.8 Å². The van der Waals surface area contributed by atoms with Crippen LogP contribution in [0.2, 0.25) is 0 Å². The monoisotopic (exact) mass is 432 g/mol. The molecule has 0 fully saturated rings. The Morgan fingerprint density at radius 3 is 2.10 bits per heavy atom. The summed E-state index contributed by atoms with van der Waals surface area (Å²) in [5, 5.41) is 0.211. The van der Waals surface area contributed by atoms with Crippen molar-refractivity contribution in [2.24, 2.45) is 0 Å². The van der Waals surface area contributed by atoms with Crippen LogP contribution in [-0.2, 0) is 9.47 Å². The van der Waals surface area contributed by atoms with Crippen LogP contribution < -0.4 is 29.1 Å². The number of benzene rings is 2. The molecule has 0 unspecified atom stereocenters. The van der Waals surface area contributed by atoms with Crippen molar-refractivity contribution in [1.29, 1.82) is 0 Å². The molecule has 31 heavy (non-hydrogen) atoms. The Bertz CT molecular complexity index is 1100. The highest BCUT2D eigenvalue weighted by Gasteiger charge is 2.22. The molecular weight excluding hydrogens is 408 g/mol. The SMILES string of the molecule is COCOc1cc(OC)c2c(=O)c(OCOC)c(-c3ccc(OC)c(OC)c3)oc2c1. The maximum atomic E-state index is 13.4. The molecule has 0 saturated carbocycles. The summed E-state index contributed by atoms with van der Waals surface area (Å²) >= 11 is 0. The van der Waals surface area contributed by atoms with Gasteiger partial charge in [0.25, 0.3) is 0 Å². The van der Waals surface area contributed by atoms with Crippen LogP contribution in [0, 0.1) is 0 Å². The maximum Gasteiger partial charge on any atom is 0.239 e. The highest BCUT2D eigenvalue weighted by atomic mass is 16.7. The fourth-order valence-electron chi connectivity index (χ4n) is 3.03. The van der Waals surface area contributed by atoms with Crippen molar-refractivity contribution < 1.29 is 37.6 Å². The van der Waals surface area contributed by atoms with Gasteiger partial charge in [-0.2, -0.15) is 0 Å². The lowest BCUT2D eigenvalue weighted by Gasteiger charge is -2.15. The number of methoxy groups -OCH3 is 5. The molecule has 1 heterocycles. The summed E-state index contributed by atoms with van der Waals surface area (Å²) in [7, 11) is 7.47. The summed E-state index contributed by atoms with van der Waals surface area (Å²) in [4.78, 5) is 13.4. The van der Waals surface area contributed by atoms with Crippen LogP contribution in [0.4, 0.5) is 0 Å². The van der Waals surface area contributed by atoms with E-state index in [1.807, 2.05) is 0 Å². The van der Waals surface area contributed by atoms with Crippen molar-refractivity contribution in [3.8, 4) is 40.1 Å². The predicted octanol–water partition coefficient (Wildman–Crippen LogP) is 3.45. The number of fused-ring (bicyclic) bond motifs is 1. The summed E-state index contributed by atoms with van der Waals surface area (Å²) in [6.07, 6.45) is 0. The number of hydrogen-bond acceptors (Lipinski definition) is 9. The van der Waals surface area contributed by atoms with Crippen molar-refractivity contribution in [2.45, 2.75) is 0 Å². The van der Waals surface area contributed by atoms with Gasteiger partial charge in [-0.15, -0.1) is 0 Å². The summed E-state index contributed by atoms with van der Waals surface area (Å²) in [6.45, 7) is -0.121. The quantitative estimate of drug-likeness (QED) is 0.446. The minimum atomic E-state index is -0.418. The van der Waals surface area contributed by atoms with Crippen molar-refractivity contribution in [3.63, 3.8) is 0 Å². The third kappa shape index (κ3) is 4.52. The van der Waals surface area contributed by atoms with Crippen LogP contribution in [0.15, 0.2) is 39.5 Å². The van der Waals surface area contributed by atoms with Gasteiger partial charge in [0.15, 0.2) is 30.8 Å². The smallest absolute Gasteiger partial charge is 0.239 e. The fraction of sp³-hybridized carbons (Fsp3) is 0.318. The van der Waals surface area contributed by atoms with Gasteiger partial charge in [-0.1, -0.05) is 0 Å². The van der Waals surface area contributed by atoms with Gasteiger partial charge in [0, 0.05) is 31.9 Å². The Kier molecular flexibility index (Phi) is 7.22. The van der Waals surface area contributed by atoms with Crippen LogP contribution in [-0.4, -0.2) is 49.1 Å². The van der Waals surface area contributed by atoms with E-state index < -0.39 is 5.43 Å². The van der Waals surface area contributed by atoms with Gasteiger partial charge >= 0.3 is 0 Å². The average molecular weight is 432 g/mol. The van der Waals surface area contributed by atoms with E-state index in [2.05, 4.69) is 0 Å². The van der Waals surface area contributed by atoms with E-state index in [0.717, 1.165) is 0 Å². The number of ether oxygens (including phenoxy) is 7. The molecule has 0 atom stereocenters. The Hall–Kier alpha value is -3.43. The standard InChI is InChI=1S/C22H24O9/c1-24-11-29-14-9-17(28-5)19-18(10-14)31-21(22(20(19)23)30-12-25-2)13-6-7-15(26-3)16(8-13)27-4/h6-10H,11-12H2,1-5H3. The molecule has 0 bridgehead atoms. The molecule has 0 aliphatic carbocycles. The third-order valence-corrected chi connectivity index (χ3v) is 4.42. The van der Waals surface area contributed by atoms with Crippen LogP contribution in [0.1, 0.15) is 0 Å². The zero-order valence-corrected chi connectivity index (χ0v) is 18.0. The van der Waals surface area contributed by atoms with E-state index >= 15 is 0 Å². The second-order valence-electron chi connectivity index (χ2n) is 6.26. The summed E-state index contributed by atoms with van der Waals surface area (Å²) < 4.78 is 43.2. The van der Waals surface area contributed by atoms with Crippen LogP contribution >= 0.6 is 0 Å². The first-order valence-electron chi connectivity index (χ1n) is 9.22. The molecule has 9 nitrogen and oxygen atoms in total. The van der Waals surface area contributed by atoms with Crippen LogP contribution in [0.5, 0.6) is 28.7 Å². The van der Waals surface area contributed by atoms with Crippen LogP contribution in [0.25, 0.3) is 22.3 Å². The van der Waals surface area contributed by atoms with Crippen molar-refractivity contribution in [3.05, 3.63) is 40.6 Å². The Labute approximate surface area is 178 Å². The maximum absolute atomic E-state index is 13.4. The molecule has 1 aromatic heterocycles. The van der Waals surface area contributed by atoms with E-state index in [4.69, 9.17) is 37.6 Å². The zero-order valence-electron chi connectivity index (χ0n) is 18.0. The molecule has 2 aromatic carbocycles. The minimum Gasteiger partial charge on any atom is -0.496 e. The molecule has 3 aromatic rings. The molecule has 0 spiro atoms. The molecule has 0 N–H and O–H groups in total. The zero-order chi connectivity index (χ0) is 22.4. The molecule has 0 saturated heterocycles. The van der Waals surface area contributed by atoms with Gasteiger partial charge in [-0.3, -0.25) is 4.79 Å². The highest BCUT2D eigenvalue weighted by Crippen LogP contribution is 2.39. The molecule has 3 rings (SSSR count). The fourth-order valence-corrected chi connectivity index (χ4v) is 3.03. The lowest BCUT2D eigenvalue weighted by atomic mass is 10.1. The number of rotatable bonds is 10. The molecule has 0 aliphatic heterocycles. The van der Waals surface area contributed by atoms with Gasteiger partial charge in [-0.05, 0) is 18.2 Å². The van der Waals surface area contributed by atoms with Gasteiger partial charge in [-0.25, -0.2) is 0 Å². The van der Waals surface area contributed by atoms with Crippen molar-refractivity contribution in [2.75, 3.05) is 49.1 Å². The van der Waals surface area contributed by atoms with Gasteiger partial charge < -0.3 is 37.6 Å². The summed E-state index contributed by atoms with van der Waals surface area (Å²) in [5.74, 6) is 1.87. The van der Waals surface area contributed by atoms with Gasteiger partial charge in [0.05, 0.1) is 21.3 Å². The van der Waals surface area contributed by atoms with Gasteiger partial charge in [0.1, 0.15) is 22.5 Å². The molecule has 0 aliphatic rings. The first-order chi connectivity index (χ1) is 15.1. The summed E-state index contributed by atoms with van der Waals surface area (Å²) in [6, 6.07) is 8.28. The lowest BCUT2D eigenvalue weighted by Crippen LogP contribution is -2.13. The Morgan fingerprint density at radius 2 is 1.45 bits per heavy atom. The minimum absolute atomic E-state index is 0.0228. The van der Waals surface area contributed by atoms with Gasteiger partial charge in [0.2, 0.25) is 11.2 Å². The van der Waals surface area contributed by atoms with Crippen molar-refractivity contribution >= 4 is 11.0 Å². The normalized spacial score (nSPS) is 10.7. The first kappa shape index (κ1) is 22.3. The predicted molar refractivity (Wildman–Crippen MR) is 113 cm³/mol. The molecule has 0 amide bonds. The topological polar surface area (TPSA) is 94.8 Å². The van der Waals surface area contributed by atoms with E-state index in [1.54, 1.807) is 30.3 Å². The number of hydrogen-bond donors (Lipinski definition) is 0. The molecule has 9 heteroatoms. The van der Waals surface area contributed by atoms with E-state index in [1.165, 1.54) is 35.5 Å². The average Bonchev–Trinajstić information content (AvgIpc) is 2.80. The second kappa shape index (κ2) is 10.1. The highest BCUT2D eigenvalue weighted by molar-refractivity contribution is 5.88. The molecule has 166 valence electrons. The summed E-state index contributed by atoms with van der Waals surface area (Å²) in [5.41, 5.74) is 0.383. The third-order valence-electron chi connectivity index (χ3n) is 4.42. The van der Waals surface area contributed by atoms with Crippen molar-refractivity contribution in [1.82, 2.24) is 0 Å². The largest absolute Gasteiger partial charge is 0.496 e. The Morgan fingerprint density at radius 1 is 0.774 bits per heavy atom.